The fourth-order valence-electron chi connectivity index (χ4n) is 3.65. The molecule has 3 N–H and O–H groups in total. The monoisotopic (exact) mass is 486 g/mol. The van der Waals surface area contributed by atoms with E-state index in [4.69, 9.17) is 10.7 Å². The number of amides is 1. The van der Waals surface area contributed by atoms with Crippen molar-refractivity contribution in [2.75, 3.05) is 11.1 Å². The van der Waals surface area contributed by atoms with Crippen LogP contribution in [0.15, 0.2) is 72.2 Å². The fraction of sp³-hybridized carbons (Fsp3) is 0. The Bertz CT molecular complexity index is 1690. The van der Waals surface area contributed by atoms with Crippen LogP contribution in [0.4, 0.5) is 15.2 Å². The maximum atomic E-state index is 13.5. The highest BCUT2D eigenvalue weighted by Crippen LogP contribution is 2.30. The lowest BCUT2D eigenvalue weighted by atomic mass is 10.1. The van der Waals surface area contributed by atoms with E-state index >= 15 is 0 Å². The summed E-state index contributed by atoms with van der Waals surface area (Å²) >= 11 is 2.85. The Balaban J connectivity index is 1.52. The first-order chi connectivity index (χ1) is 16.5. The number of nitrogens with one attached hydrogen (secondary N) is 1. The van der Waals surface area contributed by atoms with Crippen molar-refractivity contribution in [3.63, 3.8) is 0 Å². The summed E-state index contributed by atoms with van der Waals surface area (Å²) in [6.45, 7) is 0. The van der Waals surface area contributed by atoms with Crippen molar-refractivity contribution in [3.05, 3.63) is 82.9 Å². The lowest BCUT2D eigenvalue weighted by molar-refractivity contribution is 0.103. The van der Waals surface area contributed by atoms with E-state index in [1.54, 1.807) is 46.5 Å². The molecule has 4 heterocycles. The topological polar surface area (TPSA) is 98.7 Å². The predicted octanol–water partition coefficient (Wildman–Crippen LogP) is 5.73. The van der Waals surface area contributed by atoms with Crippen LogP contribution in [-0.4, -0.2) is 25.7 Å². The molecule has 0 aliphatic rings. The van der Waals surface area contributed by atoms with Crippen LogP contribution in [0.5, 0.6) is 0 Å². The summed E-state index contributed by atoms with van der Waals surface area (Å²) in [7, 11) is 0. The molecule has 0 radical (unpaired) electrons. The van der Waals surface area contributed by atoms with Gasteiger partial charge in [-0.05, 0) is 71.4 Å². The Kier molecular flexibility index (Phi) is 4.82. The van der Waals surface area contributed by atoms with Crippen LogP contribution in [0.3, 0.4) is 0 Å². The molecule has 2 aromatic carbocycles. The Morgan fingerprint density at radius 2 is 1.88 bits per heavy atom. The SMILES string of the molecule is Nc1ccc(C(=O)Nc2nc(-c3ccc4sccc4c3)nc3c2cnn3-c2ccc(F)cc2)s1. The third-order valence-electron chi connectivity index (χ3n) is 5.29. The molecule has 6 rings (SSSR count). The van der Waals surface area contributed by atoms with E-state index in [0.29, 0.717) is 38.2 Å². The molecule has 10 heteroatoms. The lowest BCUT2D eigenvalue weighted by Gasteiger charge is -2.09. The van der Waals surface area contributed by atoms with E-state index in [1.165, 1.54) is 23.5 Å². The molecule has 0 spiro atoms. The Hall–Kier alpha value is -4.15. The normalized spacial score (nSPS) is 11.3. The largest absolute Gasteiger partial charge is 0.391 e. The minimum Gasteiger partial charge on any atom is -0.391 e. The summed E-state index contributed by atoms with van der Waals surface area (Å²) in [6.07, 6.45) is 1.59. The number of aromatic nitrogens is 4. The van der Waals surface area contributed by atoms with Crippen LogP contribution in [-0.2, 0) is 0 Å². The van der Waals surface area contributed by atoms with E-state index in [1.807, 2.05) is 29.6 Å². The Morgan fingerprint density at radius 1 is 1.03 bits per heavy atom. The van der Waals surface area contributed by atoms with Crippen LogP contribution in [0, 0.1) is 5.82 Å². The van der Waals surface area contributed by atoms with Crippen LogP contribution < -0.4 is 11.1 Å². The summed E-state index contributed by atoms with van der Waals surface area (Å²) in [4.78, 5) is 22.8. The Morgan fingerprint density at radius 3 is 2.68 bits per heavy atom. The second-order valence-electron chi connectivity index (χ2n) is 7.50. The van der Waals surface area contributed by atoms with Gasteiger partial charge in [0, 0.05) is 10.3 Å². The standard InChI is InChI=1S/C24H15FN6OS2/c25-15-2-4-16(5-3-15)31-23-17(12-27-31)22(30-24(32)19-7-8-20(26)34-19)28-21(29-23)14-1-6-18-13(11-14)9-10-33-18/h1-12H,26H2,(H,28,29,30,32). The third kappa shape index (κ3) is 3.58. The summed E-state index contributed by atoms with van der Waals surface area (Å²) in [5, 5.41) is 11.5. The first kappa shape index (κ1) is 20.5. The van der Waals surface area contributed by atoms with E-state index in [2.05, 4.69) is 15.4 Å². The van der Waals surface area contributed by atoms with Crippen molar-refractivity contribution >= 4 is 60.5 Å². The molecule has 0 bridgehead atoms. The van der Waals surface area contributed by atoms with Crippen molar-refractivity contribution in [1.82, 2.24) is 19.7 Å². The van der Waals surface area contributed by atoms with Crippen molar-refractivity contribution in [2.45, 2.75) is 0 Å². The van der Waals surface area contributed by atoms with Gasteiger partial charge in [0.15, 0.2) is 11.5 Å². The van der Waals surface area contributed by atoms with Gasteiger partial charge in [-0.15, -0.1) is 22.7 Å². The average Bonchev–Trinajstić information content (AvgIpc) is 3.58. The highest BCUT2D eigenvalue weighted by molar-refractivity contribution is 7.18. The van der Waals surface area contributed by atoms with E-state index in [-0.39, 0.29) is 11.7 Å². The predicted molar refractivity (Wildman–Crippen MR) is 134 cm³/mol. The second kappa shape index (κ2) is 8.01. The molecule has 7 nitrogen and oxygen atoms in total. The zero-order chi connectivity index (χ0) is 23.2. The molecule has 166 valence electrons. The molecule has 6 aromatic rings. The summed E-state index contributed by atoms with van der Waals surface area (Å²) in [5.74, 6) is 0.0967. The first-order valence-corrected chi connectivity index (χ1v) is 11.9. The third-order valence-corrected chi connectivity index (χ3v) is 7.10. The van der Waals surface area contributed by atoms with Gasteiger partial charge in [-0.3, -0.25) is 4.79 Å². The maximum absolute atomic E-state index is 13.5. The molecule has 0 saturated heterocycles. The maximum Gasteiger partial charge on any atom is 0.266 e. The molecule has 0 atom stereocenters. The second-order valence-corrected chi connectivity index (χ2v) is 9.56. The molecule has 34 heavy (non-hydrogen) atoms. The quantitative estimate of drug-likeness (QED) is 0.331. The van der Waals surface area contributed by atoms with Gasteiger partial charge in [-0.1, -0.05) is 0 Å². The number of fused-ring (bicyclic) bond motifs is 2. The number of hydrogen-bond donors (Lipinski definition) is 2. The van der Waals surface area contributed by atoms with Gasteiger partial charge in [-0.25, -0.2) is 19.0 Å². The van der Waals surface area contributed by atoms with Gasteiger partial charge >= 0.3 is 0 Å². The number of carbonyl (C=O) groups is 1. The number of carbonyl (C=O) groups excluding carboxylic acids is 1. The van der Waals surface area contributed by atoms with E-state index in [0.717, 1.165) is 15.6 Å². The van der Waals surface area contributed by atoms with Gasteiger partial charge < -0.3 is 11.1 Å². The van der Waals surface area contributed by atoms with Crippen LogP contribution in [0.25, 0.3) is 38.2 Å². The zero-order valence-corrected chi connectivity index (χ0v) is 19.0. The summed E-state index contributed by atoms with van der Waals surface area (Å²) in [6, 6.07) is 17.3. The number of anilines is 2. The first-order valence-electron chi connectivity index (χ1n) is 10.2. The molecule has 0 fully saturated rings. The van der Waals surface area contributed by atoms with Crippen molar-refractivity contribution in [1.29, 1.82) is 0 Å². The lowest BCUT2D eigenvalue weighted by Crippen LogP contribution is -2.12. The van der Waals surface area contributed by atoms with Crippen LogP contribution in [0.1, 0.15) is 9.67 Å². The van der Waals surface area contributed by atoms with Gasteiger partial charge in [0.05, 0.1) is 27.1 Å². The number of thiophene rings is 2. The number of nitrogen functional groups attached to an aromatic ring is 1. The molecular weight excluding hydrogens is 471 g/mol. The molecule has 0 aliphatic heterocycles. The smallest absolute Gasteiger partial charge is 0.266 e. The van der Waals surface area contributed by atoms with Crippen LogP contribution >= 0.6 is 22.7 Å². The van der Waals surface area contributed by atoms with Crippen molar-refractivity contribution < 1.29 is 9.18 Å². The van der Waals surface area contributed by atoms with Crippen LogP contribution in [0.2, 0.25) is 0 Å². The average molecular weight is 487 g/mol. The summed E-state index contributed by atoms with van der Waals surface area (Å²) < 4.78 is 16.2. The van der Waals surface area contributed by atoms with E-state index in [9.17, 15) is 9.18 Å². The molecular formula is C24H15FN6OS2. The number of nitrogens with two attached hydrogens (primary N) is 1. The number of halogens is 1. The van der Waals surface area contributed by atoms with Gasteiger partial charge in [0.25, 0.3) is 5.91 Å². The fourth-order valence-corrected chi connectivity index (χ4v) is 5.09. The summed E-state index contributed by atoms with van der Waals surface area (Å²) in [5.41, 5.74) is 7.72. The minimum atomic E-state index is -0.345. The molecule has 0 unspecified atom stereocenters. The number of nitrogens with zero attached hydrogens (tertiary/aromatic N) is 4. The van der Waals surface area contributed by atoms with Gasteiger partial charge in [-0.2, -0.15) is 5.10 Å². The van der Waals surface area contributed by atoms with Gasteiger partial charge in [0.1, 0.15) is 11.6 Å². The molecule has 0 saturated carbocycles. The molecule has 1 amide bonds. The van der Waals surface area contributed by atoms with Crippen molar-refractivity contribution in [3.8, 4) is 17.1 Å². The van der Waals surface area contributed by atoms with E-state index < -0.39 is 0 Å². The molecule has 4 aromatic heterocycles. The number of hydrogen-bond acceptors (Lipinski definition) is 7. The molecule has 0 aliphatic carbocycles. The number of benzene rings is 2. The Labute approximate surface area is 200 Å². The highest BCUT2D eigenvalue weighted by Gasteiger charge is 2.18. The number of rotatable bonds is 4. The highest BCUT2D eigenvalue weighted by atomic mass is 32.1. The van der Waals surface area contributed by atoms with Crippen molar-refractivity contribution in [2.24, 2.45) is 0 Å². The van der Waals surface area contributed by atoms with Gasteiger partial charge in [0.2, 0.25) is 0 Å². The zero-order valence-electron chi connectivity index (χ0n) is 17.4. The minimum absolute atomic E-state index is 0.324.